The van der Waals surface area contributed by atoms with Crippen LogP contribution in [-0.2, 0) is 30.4 Å². The van der Waals surface area contributed by atoms with Gasteiger partial charge >= 0.3 is 18.0 Å². The second-order valence-corrected chi connectivity index (χ2v) is 13.1. The van der Waals surface area contributed by atoms with E-state index in [-0.39, 0.29) is 44.2 Å². The summed E-state index contributed by atoms with van der Waals surface area (Å²) in [6.45, 7) is 8.37. The number of rotatable bonds is 14. The predicted molar refractivity (Wildman–Crippen MR) is 192 cm³/mol. The molecule has 1 aliphatic rings. The lowest BCUT2D eigenvalue weighted by atomic mass is 10.1. The van der Waals surface area contributed by atoms with Crippen LogP contribution in [-0.4, -0.2) is 72.9 Å². The van der Waals surface area contributed by atoms with Crippen molar-refractivity contribution in [1.29, 1.82) is 5.26 Å². The lowest BCUT2D eigenvalue weighted by Gasteiger charge is -2.33. The van der Waals surface area contributed by atoms with Crippen LogP contribution in [0.5, 0.6) is 11.5 Å². The minimum atomic E-state index is -0.825. The summed E-state index contributed by atoms with van der Waals surface area (Å²) in [5.41, 5.74) is 1.40. The molecule has 3 aromatic rings. The summed E-state index contributed by atoms with van der Waals surface area (Å²) in [6.07, 6.45) is 3.40. The molecule has 52 heavy (non-hydrogen) atoms. The number of nitrogens with zero attached hydrogens (tertiary/aromatic N) is 2. The summed E-state index contributed by atoms with van der Waals surface area (Å²) >= 11 is 0. The second kappa shape index (κ2) is 19.0. The van der Waals surface area contributed by atoms with E-state index in [2.05, 4.69) is 11.4 Å². The summed E-state index contributed by atoms with van der Waals surface area (Å²) in [4.78, 5) is 52.3. The molecule has 3 aromatic carbocycles. The van der Waals surface area contributed by atoms with E-state index < -0.39 is 29.5 Å². The largest absolute Gasteiger partial charge is 0.491 e. The Bertz CT molecular complexity index is 1740. The molecule has 1 aliphatic heterocycles. The highest BCUT2D eigenvalue weighted by Gasteiger charge is 2.28. The van der Waals surface area contributed by atoms with E-state index in [1.807, 2.05) is 51.1 Å². The van der Waals surface area contributed by atoms with Crippen molar-refractivity contribution < 1.29 is 42.9 Å². The van der Waals surface area contributed by atoms with Gasteiger partial charge in [0.1, 0.15) is 36.4 Å². The summed E-state index contributed by atoms with van der Waals surface area (Å²) in [7, 11) is 0. The molecular formula is C40H45N3O9. The number of hydrogen-bond acceptors (Lipinski definition) is 10. The molecule has 0 bridgehead atoms. The molecule has 0 aromatic heterocycles. The van der Waals surface area contributed by atoms with Gasteiger partial charge in [-0.25, -0.2) is 9.59 Å². The molecular weight excluding hydrogens is 666 g/mol. The molecule has 1 fully saturated rings. The number of carbonyl (C=O) groups is 4. The number of esters is 2. The lowest BCUT2D eigenvalue weighted by Crippen LogP contribution is -2.44. The summed E-state index contributed by atoms with van der Waals surface area (Å²) in [6, 6.07) is 21.8. The van der Waals surface area contributed by atoms with E-state index in [0.717, 1.165) is 5.56 Å². The zero-order chi connectivity index (χ0) is 37.5. The first kappa shape index (κ1) is 39.0. The van der Waals surface area contributed by atoms with Crippen molar-refractivity contribution in [3.8, 4) is 17.6 Å². The maximum atomic E-state index is 13.4. The van der Waals surface area contributed by atoms with E-state index in [9.17, 15) is 24.4 Å². The van der Waals surface area contributed by atoms with Crippen LogP contribution in [0.1, 0.15) is 74.0 Å². The maximum Gasteiger partial charge on any atom is 0.410 e. The number of nitrogens with one attached hydrogen (secondary N) is 1. The van der Waals surface area contributed by atoms with Crippen molar-refractivity contribution in [3.05, 3.63) is 101 Å². The Kier molecular flexibility index (Phi) is 14.2. The van der Waals surface area contributed by atoms with E-state index in [1.54, 1.807) is 48.2 Å². The number of ether oxygens (including phenoxy) is 5. The van der Waals surface area contributed by atoms with Crippen molar-refractivity contribution in [3.63, 3.8) is 0 Å². The molecule has 4 rings (SSSR count). The normalized spacial score (nSPS) is 13.8. The molecule has 0 spiro atoms. The molecule has 0 aliphatic carbocycles. The molecule has 1 heterocycles. The number of hydrogen-bond donors (Lipinski definition) is 1. The third kappa shape index (κ3) is 12.8. The number of piperidine rings is 1. The highest BCUT2D eigenvalue weighted by molar-refractivity contribution is 5.94. The first-order chi connectivity index (χ1) is 24.9. The minimum Gasteiger partial charge on any atom is -0.491 e. The van der Waals surface area contributed by atoms with Gasteiger partial charge in [0.25, 0.3) is 5.91 Å². The van der Waals surface area contributed by atoms with Crippen molar-refractivity contribution in [2.45, 2.75) is 71.3 Å². The highest BCUT2D eigenvalue weighted by atomic mass is 16.6. The number of benzene rings is 3. The Morgan fingerprint density at radius 3 is 2.35 bits per heavy atom. The molecule has 1 saturated heterocycles. The van der Waals surface area contributed by atoms with Crippen molar-refractivity contribution in [2.24, 2.45) is 0 Å². The van der Waals surface area contributed by atoms with Crippen LogP contribution in [0, 0.1) is 11.3 Å². The standard InChI is InChI=1S/C40H45N3O9/c1-5-48-36(44)18-15-30-12-11-29(25-41)23-35(30)49-27-32(24-37(45)50-26-28-9-7-6-8-10-28)42-38(46)31-13-16-33(17-14-31)51-34-19-21-43(22-20-34)39(47)52-40(2,3)4/h6-18,23,32,34H,5,19-22,24,26-27H2,1-4H3,(H,42,46). The molecule has 1 N–H and O–H groups in total. The Balaban J connectivity index is 1.40. The van der Waals surface area contributed by atoms with Gasteiger partial charge in [-0.1, -0.05) is 30.3 Å². The van der Waals surface area contributed by atoms with Crippen LogP contribution in [0.25, 0.3) is 6.08 Å². The zero-order valence-corrected chi connectivity index (χ0v) is 30.0. The fourth-order valence-corrected chi connectivity index (χ4v) is 5.18. The zero-order valence-electron chi connectivity index (χ0n) is 30.0. The van der Waals surface area contributed by atoms with Crippen LogP contribution in [0.4, 0.5) is 4.79 Å². The van der Waals surface area contributed by atoms with Gasteiger partial charge in [0.05, 0.1) is 30.7 Å². The van der Waals surface area contributed by atoms with Gasteiger partial charge in [0.15, 0.2) is 0 Å². The smallest absolute Gasteiger partial charge is 0.410 e. The molecule has 12 nitrogen and oxygen atoms in total. The third-order valence-electron chi connectivity index (χ3n) is 7.77. The van der Waals surface area contributed by atoms with E-state index in [4.69, 9.17) is 23.7 Å². The first-order valence-corrected chi connectivity index (χ1v) is 17.2. The molecule has 1 unspecified atom stereocenters. The Morgan fingerprint density at radius 1 is 0.981 bits per heavy atom. The van der Waals surface area contributed by atoms with Crippen LogP contribution in [0.3, 0.4) is 0 Å². The van der Waals surface area contributed by atoms with Crippen molar-refractivity contribution in [2.75, 3.05) is 26.3 Å². The lowest BCUT2D eigenvalue weighted by molar-refractivity contribution is -0.145. The van der Waals surface area contributed by atoms with Gasteiger partial charge in [-0.2, -0.15) is 5.26 Å². The van der Waals surface area contributed by atoms with E-state index >= 15 is 0 Å². The van der Waals surface area contributed by atoms with Crippen molar-refractivity contribution >= 4 is 30.0 Å². The summed E-state index contributed by atoms with van der Waals surface area (Å²) < 4.78 is 28.1. The van der Waals surface area contributed by atoms with Crippen LogP contribution in [0.2, 0.25) is 0 Å². The Labute approximate surface area is 304 Å². The van der Waals surface area contributed by atoms with Gasteiger partial charge < -0.3 is 33.9 Å². The molecule has 274 valence electrons. The SMILES string of the molecule is CCOC(=O)C=Cc1ccc(C#N)cc1OCC(CC(=O)OCc1ccccc1)NC(=O)c1ccc(OC2CCN(C(=O)OC(C)(C)C)CC2)cc1. The van der Waals surface area contributed by atoms with E-state index in [0.29, 0.717) is 48.4 Å². The minimum absolute atomic E-state index is 0.0652. The fraction of sp³-hybridized carbons (Fsp3) is 0.375. The fourth-order valence-electron chi connectivity index (χ4n) is 5.18. The maximum absolute atomic E-state index is 13.4. The van der Waals surface area contributed by atoms with Gasteiger partial charge in [-0.15, -0.1) is 0 Å². The second-order valence-electron chi connectivity index (χ2n) is 13.1. The molecule has 0 saturated carbocycles. The van der Waals surface area contributed by atoms with Crippen molar-refractivity contribution in [1.82, 2.24) is 10.2 Å². The summed E-state index contributed by atoms with van der Waals surface area (Å²) in [5.74, 6) is -0.682. The van der Waals surface area contributed by atoms with Crippen LogP contribution < -0.4 is 14.8 Å². The average molecular weight is 712 g/mol. The first-order valence-electron chi connectivity index (χ1n) is 17.2. The number of carbonyl (C=O) groups excluding carboxylic acids is 4. The molecule has 12 heteroatoms. The highest BCUT2D eigenvalue weighted by Crippen LogP contribution is 2.24. The number of amides is 2. The summed E-state index contributed by atoms with van der Waals surface area (Å²) in [5, 5.41) is 12.3. The number of nitriles is 1. The topological polar surface area (TPSA) is 153 Å². The number of likely N-dealkylation sites (tertiary alicyclic amines) is 1. The van der Waals surface area contributed by atoms with E-state index in [1.165, 1.54) is 18.2 Å². The third-order valence-corrected chi connectivity index (χ3v) is 7.77. The van der Waals surface area contributed by atoms with Gasteiger partial charge in [0.2, 0.25) is 0 Å². The average Bonchev–Trinajstić information content (AvgIpc) is 3.12. The van der Waals surface area contributed by atoms with Gasteiger partial charge in [0, 0.05) is 43.1 Å². The molecule has 1 atom stereocenters. The quantitative estimate of drug-likeness (QED) is 0.116. The van der Waals surface area contributed by atoms with Crippen LogP contribution >= 0.6 is 0 Å². The Hall–Kier alpha value is -5.83. The Morgan fingerprint density at radius 2 is 1.69 bits per heavy atom. The van der Waals surface area contributed by atoms with Gasteiger partial charge in [-0.3, -0.25) is 9.59 Å². The monoisotopic (exact) mass is 711 g/mol. The predicted octanol–water partition coefficient (Wildman–Crippen LogP) is 6.22. The molecule has 0 radical (unpaired) electrons. The molecule has 2 amide bonds. The van der Waals surface area contributed by atoms with Crippen LogP contribution in [0.15, 0.2) is 78.9 Å². The van der Waals surface area contributed by atoms with Gasteiger partial charge in [-0.05, 0) is 81.8 Å².